The van der Waals surface area contributed by atoms with Gasteiger partial charge in [-0.25, -0.2) is 13.2 Å². The Morgan fingerprint density at radius 1 is 1.13 bits per heavy atom. The third-order valence-electron chi connectivity index (χ3n) is 2.19. The molecule has 0 aromatic heterocycles. The van der Waals surface area contributed by atoms with Crippen molar-refractivity contribution in [1.29, 1.82) is 0 Å². The number of nitrogens with two attached hydrogens (primary N) is 1. The fourth-order valence-corrected chi connectivity index (χ4v) is 2.09. The molecule has 84 valence electrons. The first-order valence-electron chi connectivity index (χ1n) is 4.38. The van der Waals surface area contributed by atoms with Crippen LogP contribution in [0.25, 0.3) is 0 Å². The van der Waals surface area contributed by atoms with Crippen LogP contribution in [0.1, 0.15) is 24.1 Å². The Bertz CT molecular complexity index is 362. The average molecular weight is 235 g/mol. The first kappa shape index (κ1) is 12.4. The molecule has 2 N–H and O–H groups in total. The highest BCUT2D eigenvalue weighted by Crippen LogP contribution is 2.32. The second-order valence-corrected chi connectivity index (χ2v) is 4.12. The summed E-state index contributed by atoms with van der Waals surface area (Å²) in [6.07, 6.45) is 1.57. The Morgan fingerprint density at radius 2 is 1.67 bits per heavy atom. The quantitative estimate of drug-likeness (QED) is 0.629. The van der Waals surface area contributed by atoms with Gasteiger partial charge in [-0.15, -0.1) is 11.8 Å². The van der Waals surface area contributed by atoms with Gasteiger partial charge in [0.2, 0.25) is 0 Å². The van der Waals surface area contributed by atoms with Crippen LogP contribution in [0.5, 0.6) is 0 Å². The van der Waals surface area contributed by atoms with Crippen molar-refractivity contribution >= 4 is 11.8 Å². The lowest BCUT2D eigenvalue weighted by Crippen LogP contribution is -2.13. The van der Waals surface area contributed by atoms with Crippen LogP contribution < -0.4 is 5.73 Å². The minimum Gasteiger partial charge on any atom is -0.324 e. The summed E-state index contributed by atoms with van der Waals surface area (Å²) >= 11 is 0.975. The van der Waals surface area contributed by atoms with E-state index in [9.17, 15) is 13.2 Å². The number of hydrogen-bond donors (Lipinski definition) is 1. The fourth-order valence-electron chi connectivity index (χ4n) is 1.42. The lowest BCUT2D eigenvalue weighted by Gasteiger charge is -2.14. The Hall–Kier alpha value is -0.680. The maximum absolute atomic E-state index is 13.6. The second-order valence-electron chi connectivity index (χ2n) is 3.30. The van der Waals surface area contributed by atoms with E-state index in [1.165, 1.54) is 13.8 Å². The van der Waals surface area contributed by atoms with E-state index in [-0.39, 0.29) is 16.0 Å². The van der Waals surface area contributed by atoms with Crippen molar-refractivity contribution in [1.82, 2.24) is 0 Å². The van der Waals surface area contributed by atoms with E-state index in [0.29, 0.717) is 0 Å². The van der Waals surface area contributed by atoms with Crippen molar-refractivity contribution in [3.8, 4) is 0 Å². The van der Waals surface area contributed by atoms with Gasteiger partial charge >= 0.3 is 0 Å². The van der Waals surface area contributed by atoms with Crippen molar-refractivity contribution in [3.05, 3.63) is 28.6 Å². The third kappa shape index (κ3) is 1.99. The maximum Gasteiger partial charge on any atom is 0.173 e. The highest BCUT2D eigenvalue weighted by Gasteiger charge is 2.23. The van der Waals surface area contributed by atoms with Crippen LogP contribution in [0.4, 0.5) is 13.2 Å². The summed E-state index contributed by atoms with van der Waals surface area (Å²) < 4.78 is 40.5. The van der Waals surface area contributed by atoms with Crippen LogP contribution in [-0.4, -0.2) is 6.26 Å². The van der Waals surface area contributed by atoms with E-state index in [0.717, 1.165) is 11.8 Å². The molecule has 0 aliphatic carbocycles. The van der Waals surface area contributed by atoms with E-state index in [1.807, 2.05) is 0 Å². The largest absolute Gasteiger partial charge is 0.324 e. The zero-order chi connectivity index (χ0) is 11.7. The lowest BCUT2D eigenvalue weighted by molar-refractivity contribution is 0.450. The predicted octanol–water partition coefficient (Wildman–Crippen LogP) is 3.15. The van der Waals surface area contributed by atoms with Gasteiger partial charge in [0.1, 0.15) is 5.82 Å². The number of halogens is 3. The van der Waals surface area contributed by atoms with E-state index in [1.54, 1.807) is 6.26 Å². The molecule has 0 spiro atoms. The van der Waals surface area contributed by atoms with Crippen LogP contribution in [0.15, 0.2) is 4.90 Å². The van der Waals surface area contributed by atoms with Crippen molar-refractivity contribution in [2.75, 3.05) is 6.26 Å². The Kier molecular flexibility index (Phi) is 3.67. The zero-order valence-corrected chi connectivity index (χ0v) is 9.51. The average Bonchev–Trinajstić information content (AvgIpc) is 2.16. The van der Waals surface area contributed by atoms with E-state index in [2.05, 4.69) is 0 Å². The van der Waals surface area contributed by atoms with Crippen molar-refractivity contribution < 1.29 is 13.2 Å². The van der Waals surface area contributed by atoms with Gasteiger partial charge < -0.3 is 5.73 Å². The summed E-state index contributed by atoms with van der Waals surface area (Å²) in [5, 5.41) is 0. The molecule has 1 rings (SSSR count). The first-order valence-corrected chi connectivity index (χ1v) is 5.60. The molecule has 1 aromatic carbocycles. The summed E-state index contributed by atoms with van der Waals surface area (Å²) in [6.45, 7) is 2.83. The Labute approximate surface area is 90.9 Å². The lowest BCUT2D eigenvalue weighted by atomic mass is 10.0. The highest BCUT2D eigenvalue weighted by atomic mass is 32.2. The molecule has 0 amide bonds. The van der Waals surface area contributed by atoms with Gasteiger partial charge in [0.05, 0.1) is 4.90 Å². The molecule has 0 aliphatic rings. The smallest absolute Gasteiger partial charge is 0.173 e. The van der Waals surface area contributed by atoms with E-state index < -0.39 is 23.5 Å². The molecule has 1 atom stereocenters. The number of thioether (sulfide) groups is 1. The molecule has 0 saturated heterocycles. The van der Waals surface area contributed by atoms with Gasteiger partial charge in [0.25, 0.3) is 0 Å². The van der Waals surface area contributed by atoms with Gasteiger partial charge in [-0.3, -0.25) is 0 Å². The molecule has 1 nitrogen and oxygen atoms in total. The summed E-state index contributed by atoms with van der Waals surface area (Å²) in [5.74, 6) is -2.96. The van der Waals surface area contributed by atoms with Gasteiger partial charge in [0, 0.05) is 17.2 Å². The summed E-state index contributed by atoms with van der Waals surface area (Å²) in [4.78, 5) is -0.00519. The highest BCUT2D eigenvalue weighted by molar-refractivity contribution is 7.98. The van der Waals surface area contributed by atoms with Crippen LogP contribution in [0.3, 0.4) is 0 Å². The maximum atomic E-state index is 13.6. The van der Waals surface area contributed by atoms with Crippen molar-refractivity contribution in [2.24, 2.45) is 5.73 Å². The van der Waals surface area contributed by atoms with Gasteiger partial charge in [-0.1, -0.05) is 0 Å². The van der Waals surface area contributed by atoms with Crippen LogP contribution in [0, 0.1) is 24.4 Å². The molecular formula is C10H12F3NS. The minimum atomic E-state index is -1.18. The molecule has 0 aliphatic heterocycles. The zero-order valence-electron chi connectivity index (χ0n) is 8.70. The van der Waals surface area contributed by atoms with Crippen molar-refractivity contribution in [2.45, 2.75) is 24.8 Å². The number of hydrogen-bond acceptors (Lipinski definition) is 2. The molecule has 0 fully saturated rings. The SMILES string of the molecule is CSc1c(C)c(F)c(C(C)N)c(F)c1F. The normalized spacial score (nSPS) is 13.0. The van der Waals surface area contributed by atoms with Crippen molar-refractivity contribution in [3.63, 3.8) is 0 Å². The van der Waals surface area contributed by atoms with E-state index >= 15 is 0 Å². The summed E-state index contributed by atoms with van der Waals surface area (Å²) in [6, 6.07) is -0.867. The molecular weight excluding hydrogens is 223 g/mol. The molecule has 0 bridgehead atoms. The number of rotatable bonds is 2. The Morgan fingerprint density at radius 3 is 2.07 bits per heavy atom. The Balaban J connectivity index is 3.59. The third-order valence-corrected chi connectivity index (χ3v) is 3.09. The van der Waals surface area contributed by atoms with Crippen LogP contribution in [0.2, 0.25) is 0 Å². The fraction of sp³-hybridized carbons (Fsp3) is 0.400. The van der Waals surface area contributed by atoms with Gasteiger partial charge in [-0.05, 0) is 20.1 Å². The van der Waals surface area contributed by atoms with Crippen LogP contribution >= 0.6 is 11.8 Å². The molecule has 0 saturated carbocycles. The second kappa shape index (κ2) is 4.45. The molecule has 0 heterocycles. The van der Waals surface area contributed by atoms with E-state index in [4.69, 9.17) is 5.73 Å². The standard InChI is InChI=1S/C10H12F3NS/c1-4-7(11)6(5(2)14)8(12)9(13)10(4)15-3/h5H,14H2,1-3H3. The monoisotopic (exact) mass is 235 g/mol. The van der Waals surface area contributed by atoms with Gasteiger partial charge in [-0.2, -0.15) is 0 Å². The molecule has 5 heteroatoms. The topological polar surface area (TPSA) is 26.0 Å². The summed E-state index contributed by atoms with van der Waals surface area (Å²) in [7, 11) is 0. The summed E-state index contributed by atoms with van der Waals surface area (Å²) in [5.41, 5.74) is 5.11. The predicted molar refractivity (Wildman–Crippen MR) is 55.4 cm³/mol. The number of benzene rings is 1. The van der Waals surface area contributed by atoms with Gasteiger partial charge in [0.15, 0.2) is 11.6 Å². The first-order chi connectivity index (χ1) is 6.91. The molecule has 15 heavy (non-hydrogen) atoms. The molecule has 1 aromatic rings. The molecule has 0 radical (unpaired) electrons. The minimum absolute atomic E-state index is 0.00519. The molecule has 1 unspecified atom stereocenters. The van der Waals surface area contributed by atoms with Crippen LogP contribution in [-0.2, 0) is 0 Å².